The van der Waals surface area contributed by atoms with Crippen molar-refractivity contribution in [3.05, 3.63) is 35.9 Å². The Balaban J connectivity index is 1.76. The molecule has 1 aliphatic rings. The molecular formula is C15H22N2O. The molecule has 1 aromatic carbocycles. The molecule has 3 heteroatoms. The van der Waals surface area contributed by atoms with Crippen LogP contribution in [0, 0.1) is 11.8 Å². The maximum absolute atomic E-state index is 12.0. The minimum atomic E-state index is 0.178. The van der Waals surface area contributed by atoms with Crippen LogP contribution in [0.1, 0.15) is 31.2 Å². The molecule has 0 aromatic heterocycles. The van der Waals surface area contributed by atoms with E-state index in [1.54, 1.807) is 0 Å². The van der Waals surface area contributed by atoms with Crippen molar-refractivity contribution in [2.45, 2.75) is 25.7 Å². The summed E-state index contributed by atoms with van der Waals surface area (Å²) < 4.78 is 0. The summed E-state index contributed by atoms with van der Waals surface area (Å²) in [5, 5.41) is 3.03. The summed E-state index contributed by atoms with van der Waals surface area (Å²) in [7, 11) is 0. The Labute approximate surface area is 109 Å². The monoisotopic (exact) mass is 246 g/mol. The molecule has 1 saturated carbocycles. The highest BCUT2D eigenvalue weighted by atomic mass is 16.2. The Hall–Kier alpha value is -1.35. The van der Waals surface area contributed by atoms with Crippen molar-refractivity contribution >= 4 is 5.91 Å². The summed E-state index contributed by atoms with van der Waals surface area (Å²) in [6.07, 6.45) is 1.95. The quantitative estimate of drug-likeness (QED) is 0.805. The van der Waals surface area contributed by atoms with Gasteiger partial charge in [-0.15, -0.1) is 0 Å². The predicted molar refractivity (Wildman–Crippen MR) is 73.1 cm³/mol. The third kappa shape index (κ3) is 3.33. The number of carbonyl (C=O) groups excluding carboxylic acids is 1. The third-order valence-corrected chi connectivity index (χ3v) is 3.64. The van der Waals surface area contributed by atoms with Gasteiger partial charge in [0.1, 0.15) is 0 Å². The number of hydrogen-bond donors (Lipinski definition) is 2. The van der Waals surface area contributed by atoms with E-state index in [1.165, 1.54) is 5.56 Å². The van der Waals surface area contributed by atoms with E-state index in [9.17, 15) is 4.79 Å². The van der Waals surface area contributed by atoms with Gasteiger partial charge in [-0.3, -0.25) is 4.79 Å². The van der Waals surface area contributed by atoms with Crippen molar-refractivity contribution in [1.82, 2.24) is 5.32 Å². The second-order valence-corrected chi connectivity index (χ2v) is 5.29. The highest BCUT2D eigenvalue weighted by Gasteiger charge is 2.43. The number of carbonyl (C=O) groups is 1. The lowest BCUT2D eigenvalue weighted by molar-refractivity contribution is -0.122. The Morgan fingerprint density at radius 1 is 1.44 bits per heavy atom. The molecule has 0 saturated heterocycles. The predicted octanol–water partition coefficient (Wildman–Crippen LogP) is 1.89. The van der Waals surface area contributed by atoms with Gasteiger partial charge in [-0.1, -0.05) is 37.3 Å². The summed E-state index contributed by atoms with van der Waals surface area (Å²) >= 11 is 0. The molecule has 0 aliphatic heterocycles. The van der Waals surface area contributed by atoms with Crippen LogP contribution in [0.25, 0.3) is 0 Å². The number of nitrogens with one attached hydrogen (secondary N) is 1. The maximum Gasteiger partial charge on any atom is 0.223 e. The molecule has 0 bridgehead atoms. The van der Waals surface area contributed by atoms with Crippen LogP contribution in [0.2, 0.25) is 0 Å². The minimum absolute atomic E-state index is 0.178. The first-order valence-corrected chi connectivity index (χ1v) is 6.75. The van der Waals surface area contributed by atoms with Gasteiger partial charge >= 0.3 is 0 Å². The molecule has 1 amide bonds. The SMILES string of the molecule is CC(CCN)CNC(=O)C1CC1c1ccccc1. The number of benzene rings is 1. The van der Waals surface area contributed by atoms with Crippen LogP contribution in [0.4, 0.5) is 0 Å². The Morgan fingerprint density at radius 3 is 2.83 bits per heavy atom. The fraction of sp³-hybridized carbons (Fsp3) is 0.533. The van der Waals surface area contributed by atoms with Gasteiger partial charge < -0.3 is 11.1 Å². The fourth-order valence-electron chi connectivity index (χ4n) is 2.35. The second kappa shape index (κ2) is 6.01. The van der Waals surface area contributed by atoms with Gasteiger partial charge in [0.25, 0.3) is 0 Å². The molecule has 1 aliphatic carbocycles. The summed E-state index contributed by atoms with van der Waals surface area (Å²) in [6, 6.07) is 10.3. The van der Waals surface area contributed by atoms with Gasteiger partial charge in [-0.2, -0.15) is 0 Å². The molecule has 2 rings (SSSR count). The van der Waals surface area contributed by atoms with Gasteiger partial charge in [0.15, 0.2) is 0 Å². The van der Waals surface area contributed by atoms with Gasteiger partial charge in [-0.25, -0.2) is 0 Å². The van der Waals surface area contributed by atoms with E-state index in [1.807, 2.05) is 18.2 Å². The molecule has 1 fully saturated rings. The molecule has 18 heavy (non-hydrogen) atoms. The largest absolute Gasteiger partial charge is 0.356 e. The highest BCUT2D eigenvalue weighted by Crippen LogP contribution is 2.47. The lowest BCUT2D eigenvalue weighted by Crippen LogP contribution is -2.30. The Morgan fingerprint density at radius 2 is 2.17 bits per heavy atom. The summed E-state index contributed by atoms with van der Waals surface area (Å²) in [6.45, 7) is 3.55. The van der Waals surface area contributed by atoms with Crippen molar-refractivity contribution in [2.24, 2.45) is 17.6 Å². The Bertz CT molecular complexity index is 391. The van der Waals surface area contributed by atoms with Gasteiger partial charge in [0, 0.05) is 12.5 Å². The van der Waals surface area contributed by atoms with Gasteiger partial charge in [0.2, 0.25) is 5.91 Å². The van der Waals surface area contributed by atoms with E-state index in [2.05, 4.69) is 24.4 Å². The normalized spacial score (nSPS) is 23.4. The molecule has 3 N–H and O–H groups in total. The number of hydrogen-bond acceptors (Lipinski definition) is 2. The first-order valence-electron chi connectivity index (χ1n) is 6.75. The first kappa shape index (κ1) is 13.1. The average Bonchev–Trinajstić information content (AvgIpc) is 3.18. The summed E-state index contributed by atoms with van der Waals surface area (Å²) in [4.78, 5) is 12.0. The third-order valence-electron chi connectivity index (χ3n) is 3.64. The van der Waals surface area contributed by atoms with Crippen LogP contribution in [0.15, 0.2) is 30.3 Å². The van der Waals surface area contributed by atoms with E-state index >= 15 is 0 Å². The van der Waals surface area contributed by atoms with Crippen molar-refractivity contribution in [1.29, 1.82) is 0 Å². The van der Waals surface area contributed by atoms with Crippen LogP contribution in [0.5, 0.6) is 0 Å². The summed E-state index contributed by atoms with van der Waals surface area (Å²) in [5.41, 5.74) is 6.78. The molecule has 0 spiro atoms. The molecule has 3 atom stereocenters. The second-order valence-electron chi connectivity index (χ2n) is 5.29. The van der Waals surface area contributed by atoms with Crippen molar-refractivity contribution in [3.63, 3.8) is 0 Å². The summed E-state index contributed by atoms with van der Waals surface area (Å²) in [5.74, 6) is 1.27. The molecule has 3 nitrogen and oxygen atoms in total. The minimum Gasteiger partial charge on any atom is -0.356 e. The van der Waals surface area contributed by atoms with E-state index in [-0.39, 0.29) is 11.8 Å². The van der Waals surface area contributed by atoms with Gasteiger partial charge in [-0.05, 0) is 36.8 Å². The molecule has 0 radical (unpaired) electrons. The van der Waals surface area contributed by atoms with Crippen LogP contribution >= 0.6 is 0 Å². The standard InChI is InChI=1S/C15H22N2O/c1-11(7-8-16)10-17-15(18)14-9-13(14)12-5-3-2-4-6-12/h2-6,11,13-14H,7-10,16H2,1H3,(H,17,18). The molecule has 3 unspecified atom stereocenters. The zero-order valence-electron chi connectivity index (χ0n) is 10.9. The number of amides is 1. The smallest absolute Gasteiger partial charge is 0.223 e. The highest BCUT2D eigenvalue weighted by molar-refractivity contribution is 5.82. The number of nitrogens with two attached hydrogens (primary N) is 1. The topological polar surface area (TPSA) is 55.1 Å². The van der Waals surface area contributed by atoms with Crippen molar-refractivity contribution < 1.29 is 4.79 Å². The van der Waals surface area contributed by atoms with Crippen LogP contribution in [0.3, 0.4) is 0 Å². The maximum atomic E-state index is 12.0. The van der Waals surface area contributed by atoms with Crippen LogP contribution in [-0.2, 0) is 4.79 Å². The number of rotatable bonds is 6. The lowest BCUT2D eigenvalue weighted by Gasteiger charge is -2.11. The van der Waals surface area contributed by atoms with Crippen LogP contribution < -0.4 is 11.1 Å². The first-order chi connectivity index (χ1) is 8.72. The van der Waals surface area contributed by atoms with E-state index in [4.69, 9.17) is 5.73 Å². The van der Waals surface area contributed by atoms with E-state index in [0.29, 0.717) is 18.4 Å². The average molecular weight is 246 g/mol. The zero-order valence-corrected chi connectivity index (χ0v) is 10.9. The van der Waals surface area contributed by atoms with E-state index in [0.717, 1.165) is 19.4 Å². The fourth-order valence-corrected chi connectivity index (χ4v) is 2.35. The molecular weight excluding hydrogens is 224 g/mol. The van der Waals surface area contributed by atoms with E-state index < -0.39 is 0 Å². The van der Waals surface area contributed by atoms with Crippen molar-refractivity contribution in [3.8, 4) is 0 Å². The molecule has 0 heterocycles. The van der Waals surface area contributed by atoms with Gasteiger partial charge in [0.05, 0.1) is 0 Å². The van der Waals surface area contributed by atoms with Crippen molar-refractivity contribution in [2.75, 3.05) is 13.1 Å². The molecule has 98 valence electrons. The molecule has 1 aromatic rings. The lowest BCUT2D eigenvalue weighted by atomic mass is 10.1. The Kier molecular flexibility index (Phi) is 4.37. The van der Waals surface area contributed by atoms with Crippen LogP contribution in [-0.4, -0.2) is 19.0 Å². The zero-order chi connectivity index (χ0) is 13.0.